The van der Waals surface area contributed by atoms with Crippen LogP contribution in [0.3, 0.4) is 0 Å². The van der Waals surface area contributed by atoms with Gasteiger partial charge in [-0.1, -0.05) is 24.3 Å². The van der Waals surface area contributed by atoms with E-state index in [1.807, 2.05) is 62.5 Å². The lowest BCUT2D eigenvalue weighted by Crippen LogP contribution is -2.20. The van der Waals surface area contributed by atoms with Gasteiger partial charge in [0, 0.05) is 10.9 Å². The van der Waals surface area contributed by atoms with Crippen LogP contribution in [0.5, 0.6) is 11.5 Å². The van der Waals surface area contributed by atoms with E-state index in [0.717, 1.165) is 39.4 Å². The molecule has 2 aromatic carbocycles. The molecule has 0 fully saturated rings. The van der Waals surface area contributed by atoms with Crippen LogP contribution in [0.2, 0.25) is 0 Å². The standard InChI is InChI=1S/C21H22N2O3S/c1-13-8-9-14(2)20(15(13)3)26-11-19(24)23-21-22-18(12-27-21)16-6-5-7-17(10-16)25-4/h5-10,12H,11H2,1-4H3,(H,22,23,24). The first-order valence-corrected chi connectivity index (χ1v) is 9.45. The number of hydrogen-bond donors (Lipinski definition) is 1. The van der Waals surface area contributed by atoms with Crippen LogP contribution in [0, 0.1) is 20.8 Å². The molecule has 0 saturated carbocycles. The molecule has 0 aliphatic carbocycles. The Balaban J connectivity index is 1.64. The highest BCUT2D eigenvalue weighted by Crippen LogP contribution is 2.28. The lowest BCUT2D eigenvalue weighted by molar-refractivity contribution is -0.118. The van der Waals surface area contributed by atoms with Gasteiger partial charge in [-0.3, -0.25) is 10.1 Å². The predicted molar refractivity (Wildman–Crippen MR) is 109 cm³/mol. The van der Waals surface area contributed by atoms with Gasteiger partial charge < -0.3 is 9.47 Å². The Morgan fingerprint density at radius 1 is 1.15 bits per heavy atom. The third-order valence-electron chi connectivity index (χ3n) is 4.34. The number of aryl methyl sites for hydroxylation is 2. The number of amides is 1. The van der Waals surface area contributed by atoms with E-state index < -0.39 is 0 Å². The van der Waals surface area contributed by atoms with Gasteiger partial charge in [-0.2, -0.15) is 0 Å². The fourth-order valence-corrected chi connectivity index (χ4v) is 3.42. The number of hydrogen-bond acceptors (Lipinski definition) is 5. The van der Waals surface area contributed by atoms with E-state index in [1.54, 1.807) is 7.11 Å². The third-order valence-corrected chi connectivity index (χ3v) is 5.09. The van der Waals surface area contributed by atoms with Crippen LogP contribution in [0.4, 0.5) is 5.13 Å². The van der Waals surface area contributed by atoms with Gasteiger partial charge in [0.2, 0.25) is 0 Å². The van der Waals surface area contributed by atoms with Crippen molar-refractivity contribution < 1.29 is 14.3 Å². The number of carbonyl (C=O) groups is 1. The van der Waals surface area contributed by atoms with Crippen molar-refractivity contribution in [1.82, 2.24) is 4.98 Å². The highest BCUT2D eigenvalue weighted by atomic mass is 32.1. The Morgan fingerprint density at radius 3 is 2.70 bits per heavy atom. The first-order chi connectivity index (χ1) is 13.0. The second-order valence-electron chi connectivity index (χ2n) is 6.26. The maximum Gasteiger partial charge on any atom is 0.264 e. The molecule has 0 saturated heterocycles. The summed E-state index contributed by atoms with van der Waals surface area (Å²) in [6.45, 7) is 5.94. The van der Waals surface area contributed by atoms with Crippen LogP contribution >= 0.6 is 11.3 Å². The molecule has 0 spiro atoms. The molecule has 1 heterocycles. The molecule has 1 N–H and O–H groups in total. The van der Waals surface area contributed by atoms with E-state index in [1.165, 1.54) is 11.3 Å². The molecule has 0 unspecified atom stereocenters. The second-order valence-corrected chi connectivity index (χ2v) is 7.12. The van der Waals surface area contributed by atoms with Crippen LogP contribution in [0.1, 0.15) is 16.7 Å². The van der Waals surface area contributed by atoms with Crippen molar-refractivity contribution in [1.29, 1.82) is 0 Å². The van der Waals surface area contributed by atoms with Gasteiger partial charge in [0.25, 0.3) is 5.91 Å². The molecule has 0 radical (unpaired) electrons. The molecule has 1 aromatic heterocycles. The second kappa shape index (κ2) is 8.22. The van der Waals surface area contributed by atoms with Crippen LogP contribution in [0.15, 0.2) is 41.8 Å². The molecular formula is C21H22N2O3S. The number of carbonyl (C=O) groups excluding carboxylic acids is 1. The molecule has 0 aliphatic rings. The summed E-state index contributed by atoms with van der Waals surface area (Å²) in [5, 5.41) is 5.24. The molecule has 5 nitrogen and oxygen atoms in total. The lowest BCUT2D eigenvalue weighted by Gasteiger charge is -2.13. The Hall–Kier alpha value is -2.86. The number of thiazole rings is 1. The summed E-state index contributed by atoms with van der Waals surface area (Å²) in [6.07, 6.45) is 0. The molecular weight excluding hydrogens is 360 g/mol. The van der Waals surface area contributed by atoms with Crippen molar-refractivity contribution in [2.75, 3.05) is 19.0 Å². The number of nitrogens with one attached hydrogen (secondary N) is 1. The Labute approximate surface area is 163 Å². The fraction of sp³-hybridized carbons (Fsp3) is 0.238. The minimum Gasteiger partial charge on any atom is -0.497 e. The van der Waals surface area contributed by atoms with Crippen LogP contribution < -0.4 is 14.8 Å². The first kappa shape index (κ1) is 18.9. The summed E-state index contributed by atoms with van der Waals surface area (Å²) >= 11 is 1.38. The molecule has 6 heteroatoms. The van der Waals surface area contributed by atoms with E-state index in [0.29, 0.717) is 5.13 Å². The normalized spacial score (nSPS) is 10.5. The summed E-state index contributed by atoms with van der Waals surface area (Å²) in [7, 11) is 1.63. The number of ether oxygens (including phenoxy) is 2. The van der Waals surface area contributed by atoms with Crippen molar-refractivity contribution in [3.05, 3.63) is 58.5 Å². The van der Waals surface area contributed by atoms with E-state index in [4.69, 9.17) is 9.47 Å². The number of anilines is 1. The smallest absolute Gasteiger partial charge is 0.264 e. The van der Waals surface area contributed by atoms with Crippen molar-refractivity contribution in [2.24, 2.45) is 0 Å². The Bertz CT molecular complexity index is 966. The van der Waals surface area contributed by atoms with Gasteiger partial charge in [0.15, 0.2) is 11.7 Å². The summed E-state index contributed by atoms with van der Waals surface area (Å²) in [5.41, 5.74) is 4.94. The highest BCUT2D eigenvalue weighted by Gasteiger charge is 2.12. The minimum atomic E-state index is -0.234. The molecule has 1 amide bonds. The van der Waals surface area contributed by atoms with Crippen LogP contribution in [0.25, 0.3) is 11.3 Å². The zero-order chi connectivity index (χ0) is 19.4. The average Bonchev–Trinajstić information content (AvgIpc) is 3.13. The van der Waals surface area contributed by atoms with Crippen molar-refractivity contribution in [3.8, 4) is 22.8 Å². The Kier molecular flexibility index (Phi) is 5.76. The molecule has 0 atom stereocenters. The maximum absolute atomic E-state index is 12.3. The minimum absolute atomic E-state index is 0.0563. The van der Waals surface area contributed by atoms with Gasteiger partial charge in [0.1, 0.15) is 11.5 Å². The summed E-state index contributed by atoms with van der Waals surface area (Å²) < 4.78 is 11.0. The zero-order valence-corrected chi connectivity index (χ0v) is 16.6. The van der Waals surface area contributed by atoms with E-state index in [2.05, 4.69) is 10.3 Å². The zero-order valence-electron chi connectivity index (χ0n) is 15.8. The monoisotopic (exact) mass is 382 g/mol. The predicted octanol–water partition coefficient (Wildman–Crippen LogP) is 4.76. The molecule has 3 rings (SSSR count). The number of benzene rings is 2. The van der Waals surface area contributed by atoms with Crippen molar-refractivity contribution in [3.63, 3.8) is 0 Å². The van der Waals surface area contributed by atoms with E-state index >= 15 is 0 Å². The van der Waals surface area contributed by atoms with Gasteiger partial charge in [-0.05, 0) is 49.6 Å². The number of rotatable bonds is 6. The van der Waals surface area contributed by atoms with Crippen molar-refractivity contribution in [2.45, 2.75) is 20.8 Å². The quantitative estimate of drug-likeness (QED) is 0.668. The lowest BCUT2D eigenvalue weighted by atomic mass is 10.1. The number of aromatic nitrogens is 1. The van der Waals surface area contributed by atoms with E-state index in [-0.39, 0.29) is 12.5 Å². The molecule has 27 heavy (non-hydrogen) atoms. The fourth-order valence-electron chi connectivity index (χ4n) is 2.69. The molecule has 0 bridgehead atoms. The van der Waals surface area contributed by atoms with Crippen LogP contribution in [-0.4, -0.2) is 24.6 Å². The number of methoxy groups -OCH3 is 1. The maximum atomic E-state index is 12.3. The SMILES string of the molecule is COc1cccc(-c2csc(NC(=O)COc3c(C)ccc(C)c3C)n2)c1. The van der Waals surface area contributed by atoms with Gasteiger partial charge in [0.05, 0.1) is 12.8 Å². The number of nitrogens with zero attached hydrogens (tertiary/aromatic N) is 1. The average molecular weight is 382 g/mol. The molecule has 140 valence electrons. The van der Waals surface area contributed by atoms with Gasteiger partial charge in [-0.15, -0.1) is 11.3 Å². The van der Waals surface area contributed by atoms with Crippen molar-refractivity contribution >= 4 is 22.4 Å². The first-order valence-electron chi connectivity index (χ1n) is 8.57. The topological polar surface area (TPSA) is 60.5 Å². The summed E-state index contributed by atoms with van der Waals surface area (Å²) in [6, 6.07) is 11.7. The highest BCUT2D eigenvalue weighted by molar-refractivity contribution is 7.14. The van der Waals surface area contributed by atoms with E-state index in [9.17, 15) is 4.79 Å². The molecule has 0 aliphatic heterocycles. The molecule has 3 aromatic rings. The summed E-state index contributed by atoms with van der Waals surface area (Å²) in [4.78, 5) is 16.7. The van der Waals surface area contributed by atoms with Gasteiger partial charge >= 0.3 is 0 Å². The summed E-state index contributed by atoms with van der Waals surface area (Å²) in [5.74, 6) is 1.30. The largest absolute Gasteiger partial charge is 0.497 e. The van der Waals surface area contributed by atoms with Crippen LogP contribution in [-0.2, 0) is 4.79 Å². The Morgan fingerprint density at radius 2 is 1.93 bits per heavy atom. The van der Waals surface area contributed by atoms with Gasteiger partial charge in [-0.25, -0.2) is 4.98 Å². The third kappa shape index (κ3) is 4.46.